The van der Waals surface area contributed by atoms with Crippen LogP contribution in [0, 0.1) is 0 Å². The monoisotopic (exact) mass is 225 g/mol. The summed E-state index contributed by atoms with van der Waals surface area (Å²) in [6.45, 7) is 5.03. The molecule has 0 saturated heterocycles. The van der Waals surface area contributed by atoms with Crippen molar-refractivity contribution >= 4 is 0 Å². The smallest absolute Gasteiger partial charge is 0.164 e. The first-order chi connectivity index (χ1) is 7.74. The van der Waals surface area contributed by atoms with Crippen LogP contribution in [0.25, 0.3) is 0 Å². The van der Waals surface area contributed by atoms with Gasteiger partial charge in [0.15, 0.2) is 11.5 Å². The predicted molar refractivity (Wildman–Crippen MR) is 62.7 cm³/mol. The van der Waals surface area contributed by atoms with Gasteiger partial charge in [-0.05, 0) is 13.0 Å². The Hall–Kier alpha value is -1.26. The Bertz CT molecular complexity index is 328. The molecule has 4 nitrogen and oxygen atoms in total. The van der Waals surface area contributed by atoms with Gasteiger partial charge < -0.3 is 14.3 Å². The zero-order valence-corrected chi connectivity index (χ0v) is 10.0. The van der Waals surface area contributed by atoms with E-state index in [-0.39, 0.29) is 5.92 Å². The van der Waals surface area contributed by atoms with E-state index in [2.05, 4.69) is 4.84 Å². The third-order valence-corrected chi connectivity index (χ3v) is 2.39. The number of para-hydroxylation sites is 1. The Morgan fingerprint density at radius 3 is 2.69 bits per heavy atom. The summed E-state index contributed by atoms with van der Waals surface area (Å²) in [5.41, 5.74) is 1.04. The molecule has 0 aliphatic heterocycles. The van der Waals surface area contributed by atoms with Crippen LogP contribution in [0.15, 0.2) is 18.2 Å². The molecule has 1 rings (SSSR count). The summed E-state index contributed by atoms with van der Waals surface area (Å²) in [6.07, 6.45) is 0. The largest absolute Gasteiger partial charge is 0.493 e. The Morgan fingerprint density at radius 2 is 2.12 bits per heavy atom. The zero-order chi connectivity index (χ0) is 12.0. The predicted octanol–water partition coefficient (Wildman–Crippen LogP) is 2.09. The molecule has 0 amide bonds. The van der Waals surface area contributed by atoms with E-state index in [1.54, 1.807) is 7.11 Å². The van der Waals surface area contributed by atoms with Crippen LogP contribution in [0.4, 0.5) is 0 Å². The molecule has 16 heavy (non-hydrogen) atoms. The molecule has 0 bridgehead atoms. The van der Waals surface area contributed by atoms with Crippen molar-refractivity contribution in [3.8, 4) is 11.5 Å². The first-order valence-electron chi connectivity index (χ1n) is 5.35. The minimum absolute atomic E-state index is 0.167. The third kappa shape index (κ3) is 2.87. The van der Waals surface area contributed by atoms with Crippen molar-refractivity contribution in [3.05, 3.63) is 23.8 Å². The quantitative estimate of drug-likeness (QED) is 0.753. The molecule has 0 spiro atoms. The lowest BCUT2D eigenvalue weighted by molar-refractivity contribution is 0.126. The fourth-order valence-electron chi connectivity index (χ4n) is 1.64. The summed E-state index contributed by atoms with van der Waals surface area (Å²) in [5, 5.41) is 0. The zero-order valence-electron chi connectivity index (χ0n) is 10.0. The summed E-state index contributed by atoms with van der Waals surface area (Å²) in [5.74, 6) is 6.76. The molecule has 0 radical (unpaired) electrons. The fourth-order valence-corrected chi connectivity index (χ4v) is 1.64. The van der Waals surface area contributed by atoms with E-state index < -0.39 is 0 Å². The van der Waals surface area contributed by atoms with E-state index in [1.807, 2.05) is 32.0 Å². The van der Waals surface area contributed by atoms with Gasteiger partial charge >= 0.3 is 0 Å². The summed E-state index contributed by atoms with van der Waals surface area (Å²) in [6, 6.07) is 5.82. The second-order valence-corrected chi connectivity index (χ2v) is 3.55. The van der Waals surface area contributed by atoms with Gasteiger partial charge in [-0.1, -0.05) is 19.1 Å². The van der Waals surface area contributed by atoms with Crippen LogP contribution < -0.4 is 15.4 Å². The number of benzene rings is 1. The van der Waals surface area contributed by atoms with E-state index in [1.165, 1.54) is 0 Å². The first kappa shape index (κ1) is 12.8. The summed E-state index contributed by atoms with van der Waals surface area (Å²) >= 11 is 0. The van der Waals surface area contributed by atoms with Crippen LogP contribution in [0.3, 0.4) is 0 Å². The van der Waals surface area contributed by atoms with Gasteiger partial charge in [-0.3, -0.25) is 0 Å². The molecule has 0 aliphatic rings. The Kier molecular flexibility index (Phi) is 5.08. The molecule has 1 unspecified atom stereocenters. The maximum absolute atomic E-state index is 5.50. The minimum Gasteiger partial charge on any atom is -0.493 e. The van der Waals surface area contributed by atoms with Crippen molar-refractivity contribution in [3.63, 3.8) is 0 Å². The second-order valence-electron chi connectivity index (χ2n) is 3.55. The highest BCUT2D eigenvalue weighted by Gasteiger charge is 2.15. The number of nitrogens with two attached hydrogens (primary N) is 1. The first-order valence-corrected chi connectivity index (χ1v) is 5.35. The lowest BCUT2D eigenvalue weighted by Gasteiger charge is -2.17. The molecule has 0 saturated carbocycles. The average molecular weight is 225 g/mol. The summed E-state index contributed by atoms with van der Waals surface area (Å²) < 4.78 is 10.9. The van der Waals surface area contributed by atoms with Gasteiger partial charge in [-0.15, -0.1) is 0 Å². The molecular formula is C12H19NO3. The summed E-state index contributed by atoms with van der Waals surface area (Å²) in [7, 11) is 1.64. The molecule has 4 heteroatoms. The van der Waals surface area contributed by atoms with Crippen molar-refractivity contribution in [1.82, 2.24) is 0 Å². The van der Waals surface area contributed by atoms with E-state index in [0.717, 1.165) is 17.1 Å². The maximum Gasteiger partial charge on any atom is 0.164 e. The van der Waals surface area contributed by atoms with E-state index in [0.29, 0.717) is 13.2 Å². The van der Waals surface area contributed by atoms with Gasteiger partial charge in [0, 0.05) is 11.5 Å². The SMILES string of the molecule is CCOc1cccc(C(C)CON)c1OC. The fraction of sp³-hybridized carbons (Fsp3) is 0.500. The van der Waals surface area contributed by atoms with Gasteiger partial charge in [0.05, 0.1) is 20.3 Å². The Labute approximate surface area is 96.3 Å². The highest BCUT2D eigenvalue weighted by Crippen LogP contribution is 2.35. The summed E-state index contributed by atoms with van der Waals surface area (Å²) in [4.78, 5) is 4.66. The van der Waals surface area contributed by atoms with Crippen LogP contribution in [-0.2, 0) is 4.84 Å². The second kappa shape index (κ2) is 6.35. The van der Waals surface area contributed by atoms with E-state index >= 15 is 0 Å². The Balaban J connectivity index is 3.02. The van der Waals surface area contributed by atoms with Gasteiger partial charge in [0.2, 0.25) is 0 Å². The molecule has 0 fully saturated rings. The van der Waals surface area contributed by atoms with Crippen LogP contribution in [0.5, 0.6) is 11.5 Å². The van der Waals surface area contributed by atoms with Crippen LogP contribution in [0.2, 0.25) is 0 Å². The van der Waals surface area contributed by atoms with Gasteiger partial charge in [0.25, 0.3) is 0 Å². The average Bonchev–Trinajstić information content (AvgIpc) is 2.29. The van der Waals surface area contributed by atoms with E-state index in [4.69, 9.17) is 15.4 Å². The van der Waals surface area contributed by atoms with Gasteiger partial charge in [-0.2, -0.15) is 0 Å². The molecule has 0 heterocycles. The van der Waals surface area contributed by atoms with E-state index in [9.17, 15) is 0 Å². The molecule has 1 atom stereocenters. The number of rotatable bonds is 6. The van der Waals surface area contributed by atoms with Crippen molar-refractivity contribution in [1.29, 1.82) is 0 Å². The number of hydrogen-bond donors (Lipinski definition) is 1. The van der Waals surface area contributed by atoms with Crippen LogP contribution in [0.1, 0.15) is 25.3 Å². The molecule has 0 aliphatic carbocycles. The topological polar surface area (TPSA) is 53.7 Å². The lowest BCUT2D eigenvalue weighted by atomic mass is 10.0. The molecule has 1 aromatic rings. The molecule has 90 valence electrons. The van der Waals surface area contributed by atoms with Crippen LogP contribution >= 0.6 is 0 Å². The normalized spacial score (nSPS) is 12.2. The molecular weight excluding hydrogens is 206 g/mol. The van der Waals surface area contributed by atoms with Crippen LogP contribution in [-0.4, -0.2) is 20.3 Å². The minimum atomic E-state index is 0.167. The number of hydrogen-bond acceptors (Lipinski definition) is 4. The highest BCUT2D eigenvalue weighted by molar-refractivity contribution is 5.48. The van der Waals surface area contributed by atoms with Crippen molar-refractivity contribution in [2.45, 2.75) is 19.8 Å². The molecule has 0 aromatic heterocycles. The number of ether oxygens (including phenoxy) is 2. The highest BCUT2D eigenvalue weighted by atomic mass is 16.6. The van der Waals surface area contributed by atoms with Crippen molar-refractivity contribution in [2.24, 2.45) is 5.90 Å². The lowest BCUT2D eigenvalue weighted by Crippen LogP contribution is -2.10. The van der Waals surface area contributed by atoms with Gasteiger partial charge in [0.1, 0.15) is 0 Å². The number of methoxy groups -OCH3 is 1. The maximum atomic E-state index is 5.50. The molecule has 1 aromatic carbocycles. The Morgan fingerprint density at radius 1 is 1.38 bits per heavy atom. The third-order valence-electron chi connectivity index (χ3n) is 2.39. The van der Waals surface area contributed by atoms with Gasteiger partial charge in [-0.25, -0.2) is 5.90 Å². The standard InChI is InChI=1S/C12H19NO3/c1-4-15-11-7-5-6-10(12(11)14-3)9(2)8-16-13/h5-7,9H,4,8,13H2,1-3H3. The molecule has 2 N–H and O–H groups in total. The van der Waals surface area contributed by atoms with Crippen molar-refractivity contribution in [2.75, 3.05) is 20.3 Å². The van der Waals surface area contributed by atoms with Crippen molar-refractivity contribution < 1.29 is 14.3 Å².